The molecule has 0 aliphatic carbocycles. The highest BCUT2D eigenvalue weighted by Gasteiger charge is 2.23. The first kappa shape index (κ1) is 30.4. The van der Waals surface area contributed by atoms with Crippen LogP contribution in [0.3, 0.4) is 0 Å². The first-order valence-electron chi connectivity index (χ1n) is 13.6. The van der Waals surface area contributed by atoms with Gasteiger partial charge in [-0.05, 0) is 85.1 Å². The van der Waals surface area contributed by atoms with E-state index < -0.39 is 11.9 Å². The number of hydrogen-bond acceptors (Lipinski definition) is 7. The van der Waals surface area contributed by atoms with Crippen LogP contribution in [0.2, 0.25) is 0 Å². The van der Waals surface area contributed by atoms with E-state index in [1.165, 1.54) is 27.2 Å². The predicted molar refractivity (Wildman–Crippen MR) is 166 cm³/mol. The normalized spacial score (nSPS) is 11.2. The minimum absolute atomic E-state index is 0.112. The third-order valence-corrected chi connectivity index (χ3v) is 6.92. The van der Waals surface area contributed by atoms with Gasteiger partial charge in [-0.2, -0.15) is 0 Å². The van der Waals surface area contributed by atoms with Gasteiger partial charge in [-0.25, -0.2) is 4.79 Å². The van der Waals surface area contributed by atoms with Crippen LogP contribution in [0.15, 0.2) is 84.9 Å². The molecule has 10 heteroatoms. The molecule has 0 bridgehead atoms. The topological polar surface area (TPSA) is 152 Å². The predicted octanol–water partition coefficient (Wildman–Crippen LogP) is 5.79. The summed E-state index contributed by atoms with van der Waals surface area (Å²) in [5.41, 5.74) is 9.62. The summed E-state index contributed by atoms with van der Waals surface area (Å²) in [6.07, 6.45) is 0.416. The van der Waals surface area contributed by atoms with Gasteiger partial charge in [0.15, 0.2) is 17.3 Å². The molecule has 0 heterocycles. The van der Waals surface area contributed by atoms with Crippen LogP contribution in [0.4, 0.5) is 21.9 Å². The van der Waals surface area contributed by atoms with E-state index in [-0.39, 0.29) is 29.6 Å². The van der Waals surface area contributed by atoms with E-state index >= 15 is 0 Å². The maximum Gasteiger partial charge on any atom is 0.323 e. The molecule has 4 aromatic rings. The number of benzene rings is 4. The Morgan fingerprint density at radius 2 is 1.40 bits per heavy atom. The Morgan fingerprint density at radius 3 is 1.98 bits per heavy atom. The van der Waals surface area contributed by atoms with E-state index in [4.69, 9.17) is 15.2 Å². The standard InChI is InChI=1S/C33H34N4O6/c1-20(38)27-18-30(42-2)31(43-3)19-28(27)25(16-17-35-32(40)26-6-4-5-7-29(26)39)21-8-12-23(13-9-21)36-33(41)37-24-14-10-22(34)11-15-24/h4-15,18-19,25,39H,16-17,34H2,1-3H3,(H,35,40)(H2,36,37,41). The molecule has 1 atom stereocenters. The number of phenolic OH excluding ortho intramolecular Hbond substituents is 1. The Hall–Kier alpha value is -5.51. The third kappa shape index (κ3) is 7.62. The van der Waals surface area contributed by atoms with Crippen LogP contribution < -0.4 is 31.2 Å². The molecule has 222 valence electrons. The zero-order chi connectivity index (χ0) is 30.9. The molecule has 4 rings (SSSR count). The number of carbonyl (C=O) groups is 3. The molecule has 3 amide bonds. The first-order valence-corrected chi connectivity index (χ1v) is 13.6. The summed E-state index contributed by atoms with van der Waals surface area (Å²) < 4.78 is 11.0. The van der Waals surface area contributed by atoms with Gasteiger partial charge >= 0.3 is 6.03 Å². The van der Waals surface area contributed by atoms with E-state index in [0.717, 1.165) is 5.56 Å². The van der Waals surface area contributed by atoms with Crippen LogP contribution in [-0.2, 0) is 0 Å². The maximum absolute atomic E-state index is 12.8. The largest absolute Gasteiger partial charge is 0.507 e. The number of para-hydroxylation sites is 1. The number of anilines is 3. The molecule has 0 radical (unpaired) electrons. The molecule has 4 aromatic carbocycles. The van der Waals surface area contributed by atoms with Gasteiger partial charge in [-0.15, -0.1) is 0 Å². The van der Waals surface area contributed by atoms with Crippen LogP contribution in [0.25, 0.3) is 0 Å². The number of ether oxygens (including phenoxy) is 2. The fourth-order valence-electron chi connectivity index (χ4n) is 4.74. The summed E-state index contributed by atoms with van der Waals surface area (Å²) in [4.78, 5) is 38.1. The number of aromatic hydroxyl groups is 1. The average molecular weight is 583 g/mol. The highest BCUT2D eigenvalue weighted by molar-refractivity contribution is 6.00. The molecule has 0 aliphatic rings. The Bertz CT molecular complexity index is 1600. The fraction of sp³-hybridized carbons (Fsp3) is 0.182. The van der Waals surface area contributed by atoms with Gasteiger partial charge in [-0.1, -0.05) is 24.3 Å². The molecule has 10 nitrogen and oxygen atoms in total. The summed E-state index contributed by atoms with van der Waals surface area (Å²) in [5.74, 6) is -0.141. The second-order valence-electron chi connectivity index (χ2n) is 9.79. The molecule has 6 N–H and O–H groups in total. The molecular weight excluding hydrogens is 548 g/mol. The zero-order valence-corrected chi connectivity index (χ0v) is 24.1. The molecule has 0 saturated carbocycles. The monoisotopic (exact) mass is 582 g/mol. The lowest BCUT2D eigenvalue weighted by molar-refractivity contribution is 0.0948. The quantitative estimate of drug-likeness (QED) is 0.111. The number of urea groups is 1. The van der Waals surface area contributed by atoms with Gasteiger partial charge in [-0.3, -0.25) is 9.59 Å². The number of hydrogen-bond donors (Lipinski definition) is 5. The number of ketones is 1. The minimum atomic E-state index is -0.417. The number of amides is 3. The SMILES string of the molecule is COc1cc(C(C)=O)c(C(CCNC(=O)c2ccccc2O)c2ccc(NC(=O)Nc3ccc(N)cc3)cc2)cc1OC. The van der Waals surface area contributed by atoms with Gasteiger partial charge in [0.25, 0.3) is 5.91 Å². The van der Waals surface area contributed by atoms with Crippen molar-refractivity contribution in [3.63, 3.8) is 0 Å². The number of carbonyl (C=O) groups excluding carboxylic acids is 3. The van der Waals surface area contributed by atoms with E-state index in [1.807, 2.05) is 12.1 Å². The van der Waals surface area contributed by atoms with Crippen molar-refractivity contribution in [1.82, 2.24) is 5.32 Å². The van der Waals surface area contributed by atoms with Crippen LogP contribution >= 0.6 is 0 Å². The van der Waals surface area contributed by atoms with E-state index in [0.29, 0.717) is 46.1 Å². The molecular formula is C33H34N4O6. The van der Waals surface area contributed by atoms with Crippen molar-refractivity contribution in [2.45, 2.75) is 19.3 Å². The molecule has 43 heavy (non-hydrogen) atoms. The number of nitrogen functional groups attached to an aromatic ring is 1. The minimum Gasteiger partial charge on any atom is -0.507 e. The molecule has 0 spiro atoms. The van der Waals surface area contributed by atoms with Crippen LogP contribution in [0.1, 0.15) is 51.1 Å². The second-order valence-corrected chi connectivity index (χ2v) is 9.79. The van der Waals surface area contributed by atoms with Crippen molar-refractivity contribution in [2.75, 3.05) is 37.1 Å². The van der Waals surface area contributed by atoms with Gasteiger partial charge in [0.05, 0.1) is 19.8 Å². The summed E-state index contributed by atoms with van der Waals surface area (Å²) in [6.45, 7) is 1.72. The van der Waals surface area contributed by atoms with E-state index in [2.05, 4.69) is 16.0 Å². The lowest BCUT2D eigenvalue weighted by Gasteiger charge is -2.23. The van der Waals surface area contributed by atoms with E-state index in [9.17, 15) is 19.5 Å². The number of rotatable bonds is 11. The summed E-state index contributed by atoms with van der Waals surface area (Å²) in [6, 6.07) is 23.4. The molecule has 0 saturated heterocycles. The number of Topliss-reactive ketones (excluding diaryl/α,β-unsaturated/α-hetero) is 1. The summed E-state index contributed by atoms with van der Waals surface area (Å²) >= 11 is 0. The van der Waals surface area contributed by atoms with Crippen molar-refractivity contribution in [1.29, 1.82) is 0 Å². The average Bonchev–Trinajstić information content (AvgIpc) is 3.00. The molecule has 1 unspecified atom stereocenters. The van der Waals surface area contributed by atoms with Crippen molar-refractivity contribution < 1.29 is 29.0 Å². The number of nitrogens with two attached hydrogens (primary N) is 1. The summed E-state index contributed by atoms with van der Waals surface area (Å²) in [7, 11) is 3.02. The van der Waals surface area contributed by atoms with E-state index in [1.54, 1.807) is 66.7 Å². The highest BCUT2D eigenvalue weighted by atomic mass is 16.5. The second kappa shape index (κ2) is 13.9. The van der Waals surface area contributed by atoms with Gasteiger partial charge in [0.1, 0.15) is 5.75 Å². The Labute approximate surface area is 249 Å². The zero-order valence-electron chi connectivity index (χ0n) is 24.1. The third-order valence-electron chi connectivity index (χ3n) is 6.92. The van der Waals surface area contributed by atoms with Crippen molar-refractivity contribution in [2.24, 2.45) is 0 Å². The number of nitrogens with one attached hydrogen (secondary N) is 3. The highest BCUT2D eigenvalue weighted by Crippen LogP contribution is 2.38. The fourth-order valence-corrected chi connectivity index (χ4v) is 4.74. The van der Waals surface area contributed by atoms with Crippen LogP contribution in [-0.4, -0.2) is 43.6 Å². The summed E-state index contributed by atoms with van der Waals surface area (Å²) in [5, 5.41) is 18.5. The first-order chi connectivity index (χ1) is 20.7. The van der Waals surface area contributed by atoms with Gasteiger partial charge in [0.2, 0.25) is 0 Å². The molecule has 0 aromatic heterocycles. The van der Waals surface area contributed by atoms with Crippen LogP contribution in [0.5, 0.6) is 17.2 Å². The van der Waals surface area contributed by atoms with Gasteiger partial charge in [0, 0.05) is 35.1 Å². The number of phenols is 1. The Kier molecular flexibility index (Phi) is 9.85. The number of methoxy groups -OCH3 is 2. The van der Waals surface area contributed by atoms with Crippen molar-refractivity contribution in [3.05, 3.63) is 107 Å². The van der Waals surface area contributed by atoms with Crippen molar-refractivity contribution >= 4 is 34.8 Å². The lowest BCUT2D eigenvalue weighted by atomic mass is 9.84. The van der Waals surface area contributed by atoms with Crippen LogP contribution in [0, 0.1) is 0 Å². The Balaban J connectivity index is 1.60. The molecule has 0 aliphatic heterocycles. The molecule has 0 fully saturated rings. The smallest absolute Gasteiger partial charge is 0.323 e. The van der Waals surface area contributed by atoms with Crippen molar-refractivity contribution in [3.8, 4) is 17.2 Å². The lowest BCUT2D eigenvalue weighted by Crippen LogP contribution is -2.26. The maximum atomic E-state index is 12.8. The Morgan fingerprint density at radius 1 is 0.814 bits per heavy atom. The van der Waals surface area contributed by atoms with Gasteiger partial charge < -0.3 is 36.3 Å².